The number of hydrogen-bond donors (Lipinski definition) is 6. The van der Waals surface area contributed by atoms with Gasteiger partial charge in [-0.15, -0.1) is 0 Å². The molecular formula is C112H110N28O6. The van der Waals surface area contributed by atoms with Crippen molar-refractivity contribution in [3.05, 3.63) is 382 Å². The quantitative estimate of drug-likeness (QED) is 0.0465. The molecule has 0 radical (unpaired) electrons. The van der Waals surface area contributed by atoms with Gasteiger partial charge in [0.25, 0.3) is 0 Å². The molecule has 24 aromatic rings. The Morgan fingerprint density at radius 1 is 0.267 bits per heavy atom. The molecule has 0 aromatic carbocycles. The van der Waals surface area contributed by atoms with E-state index < -0.39 is 0 Å². The zero-order valence-corrected chi connectivity index (χ0v) is 80.9. The van der Waals surface area contributed by atoms with Crippen LogP contribution in [0.15, 0.2) is 263 Å². The third-order valence-electron chi connectivity index (χ3n) is 30.2. The number of rotatable bonds is 18. The molecule has 24 aromatic heterocycles. The molecule has 0 aliphatic heterocycles. The summed E-state index contributed by atoms with van der Waals surface area (Å²) in [6.07, 6.45) is 43.8. The Kier molecular flexibility index (Phi) is 23.5. The first-order chi connectivity index (χ1) is 70.9. The van der Waals surface area contributed by atoms with E-state index in [0.717, 1.165) is 201 Å². The first-order valence-corrected chi connectivity index (χ1v) is 49.4. The molecule has 34 nitrogen and oxygen atoms in total. The van der Waals surface area contributed by atoms with Gasteiger partial charge in [0, 0.05) is 233 Å². The zero-order valence-electron chi connectivity index (χ0n) is 80.9. The number of imidazole rings is 6. The van der Waals surface area contributed by atoms with Crippen molar-refractivity contribution in [2.24, 2.45) is 28.2 Å². The first-order valence-electron chi connectivity index (χ1n) is 49.4. The van der Waals surface area contributed by atoms with Crippen LogP contribution in [0.5, 0.6) is 0 Å². The zero-order chi connectivity index (χ0) is 98.4. The maximum absolute atomic E-state index is 9.34. The lowest BCUT2D eigenvalue weighted by Gasteiger charge is -2.02. The van der Waals surface area contributed by atoms with Crippen LogP contribution >= 0.6 is 0 Å². The van der Waals surface area contributed by atoms with Gasteiger partial charge < -0.3 is 65.8 Å². The summed E-state index contributed by atoms with van der Waals surface area (Å²) in [5.41, 5.74) is 38.3. The number of aryl methyl sites for hydroxylation is 7. The number of pyridine rings is 10. The third-order valence-corrected chi connectivity index (χ3v) is 30.2. The molecule has 6 aliphatic rings. The highest BCUT2D eigenvalue weighted by molar-refractivity contribution is 5.82. The van der Waals surface area contributed by atoms with Gasteiger partial charge >= 0.3 is 0 Å². The Balaban J connectivity index is 0.0000000938. The third kappa shape index (κ3) is 16.8. The molecule has 12 atom stereocenters. The lowest BCUT2D eigenvalue weighted by atomic mass is 10.1. The molecule has 30 rings (SSSR count). The topological polar surface area (TPSA) is 383 Å². The van der Waals surface area contributed by atoms with Crippen molar-refractivity contribution < 1.29 is 30.6 Å². The van der Waals surface area contributed by atoms with Crippen molar-refractivity contribution in [1.82, 2.24) is 134 Å². The summed E-state index contributed by atoms with van der Waals surface area (Å²) in [5.74, 6) is 5.06. The SMILES string of the molecule is C.Cc1c(C2CC2c2c3ncccc3nn2C)nc2cc(CO)ccn12.Cc1c(C2CC2c2ccn3cccnc23)nc2cc(CO)ccn12.Cc1c(C2CC2c2nn(C)c3cccnc23)nc2cc(CO)ccn12.Cn1nc(C2CC2c2cn3ccc(CO)cc3n2)c2ncccc21.Cn1nc2cccnc2c1C1CC1c1cn2ccc(CO)cc2n1.OCc1ccn2cc(C3CC3c3ccn4cccnc34)nc2c1. The maximum atomic E-state index is 9.34. The molecule has 34 heteroatoms. The van der Waals surface area contributed by atoms with Gasteiger partial charge in [-0.3, -0.25) is 38.7 Å². The fraction of sp³-hybridized carbons (Fsp3) is 0.286. The predicted molar refractivity (Wildman–Crippen MR) is 553 cm³/mol. The van der Waals surface area contributed by atoms with Crippen LogP contribution < -0.4 is 0 Å². The molecule has 24 heterocycles. The van der Waals surface area contributed by atoms with Crippen molar-refractivity contribution >= 4 is 89.3 Å². The van der Waals surface area contributed by atoms with E-state index in [0.29, 0.717) is 71.0 Å². The van der Waals surface area contributed by atoms with E-state index in [1.54, 1.807) is 0 Å². The highest BCUT2D eigenvalue weighted by Gasteiger charge is 2.50. The number of fused-ring (bicyclic) bond motifs is 12. The van der Waals surface area contributed by atoms with Crippen LogP contribution in [0.1, 0.15) is 235 Å². The summed E-state index contributed by atoms with van der Waals surface area (Å²) in [7, 11) is 7.92. The van der Waals surface area contributed by atoms with Gasteiger partial charge in [0.1, 0.15) is 78.3 Å². The van der Waals surface area contributed by atoms with E-state index >= 15 is 0 Å². The van der Waals surface area contributed by atoms with Crippen LogP contribution in [0, 0.1) is 20.8 Å². The number of aliphatic hydroxyl groups excluding tert-OH is 6. The van der Waals surface area contributed by atoms with Crippen molar-refractivity contribution in [1.29, 1.82) is 0 Å². The lowest BCUT2D eigenvalue weighted by molar-refractivity contribution is 0.281. The minimum Gasteiger partial charge on any atom is -0.392 e. The molecule has 0 saturated heterocycles. The number of aromatic nitrogens is 28. The van der Waals surface area contributed by atoms with E-state index in [2.05, 4.69) is 138 Å². The van der Waals surface area contributed by atoms with E-state index in [4.69, 9.17) is 40.1 Å². The molecule has 0 spiro atoms. The van der Waals surface area contributed by atoms with Gasteiger partial charge in [0.2, 0.25) is 0 Å². The normalized spacial score (nSPS) is 19.9. The van der Waals surface area contributed by atoms with E-state index in [9.17, 15) is 30.6 Å². The molecular weight excluding hydrogens is 1830 g/mol. The minimum atomic E-state index is 0. The molecule has 146 heavy (non-hydrogen) atoms. The standard InChI is InChI=1S/2C19H19N5O.C19H18N4O.2C18H17N5O.C18H16N4O.CH4/c1-11-17(21-16-8-12(10-25)5-7-24(11)16)13-9-14(13)19-18-15(22-23(19)2)4-3-6-20-18;1-11-17(21-16-8-12(10-25)5-7-24(11)16)13-9-14(13)18-19-15(23(2)22-18)4-3-6-20-19;1-12-18(21-17-9-13(11-24)3-8-23(12)17)16-10-15(16)14-4-7-22-6-2-5-20-19(14)22;1-22-15-3-2-5-19-18(15)17(21-22)13-8-12(13)14-9-23-6-4-11(10-24)7-16(23)20-14;1-22-18(17-14(21-22)3-2-5-19-17)13-8-12(13)15-9-23-6-4-11(10-24)7-16(23)20-15;23-11-12-2-6-22-10-16(20-17(22)8-12)15-9-14(15)13-3-7-21-5-1-4-19-18(13)21;/h2*3-8,13-14,25H,9-10H2,1-2H3;2-9,15-16,24H,10-11H2,1H3;2*2-7,9,12-13,24H,8,10H2,1H3;1-8,10,14-15,23H,9,11H2;1H4. The van der Waals surface area contributed by atoms with Crippen molar-refractivity contribution in [2.45, 2.75) is 177 Å². The van der Waals surface area contributed by atoms with Crippen molar-refractivity contribution in [2.75, 3.05) is 0 Å². The second kappa shape index (κ2) is 37.2. The first kappa shape index (κ1) is 92.2. The van der Waals surface area contributed by atoms with Crippen LogP contribution in [0.2, 0.25) is 0 Å². The fourth-order valence-electron chi connectivity index (χ4n) is 22.1. The van der Waals surface area contributed by atoms with Gasteiger partial charge in [-0.1, -0.05) is 7.43 Å². The monoisotopic (exact) mass is 1940 g/mol. The van der Waals surface area contributed by atoms with E-state index in [-0.39, 0.29) is 47.1 Å². The summed E-state index contributed by atoms with van der Waals surface area (Å²) in [6, 6.07) is 47.4. The Labute approximate surface area is 836 Å². The molecule has 0 bridgehead atoms. The largest absolute Gasteiger partial charge is 0.392 e. The Morgan fingerprint density at radius 2 is 0.562 bits per heavy atom. The highest BCUT2D eigenvalue weighted by atomic mass is 16.3. The summed E-state index contributed by atoms with van der Waals surface area (Å²) in [5, 5.41) is 74.4. The highest BCUT2D eigenvalue weighted by Crippen LogP contribution is 2.61. The van der Waals surface area contributed by atoms with E-state index in [1.165, 1.54) is 45.3 Å². The fourth-order valence-corrected chi connectivity index (χ4v) is 22.1. The van der Waals surface area contributed by atoms with Crippen molar-refractivity contribution in [3.8, 4) is 0 Å². The summed E-state index contributed by atoms with van der Waals surface area (Å²) < 4.78 is 24.3. The van der Waals surface area contributed by atoms with Gasteiger partial charge in [0.15, 0.2) is 0 Å². The van der Waals surface area contributed by atoms with Gasteiger partial charge in [-0.05, 0) is 250 Å². The van der Waals surface area contributed by atoms with Gasteiger partial charge in [-0.2, -0.15) is 20.4 Å². The summed E-state index contributed by atoms with van der Waals surface area (Å²) >= 11 is 0. The van der Waals surface area contributed by atoms with Gasteiger partial charge in [0.05, 0.1) is 108 Å². The average molecular weight is 1940 g/mol. The Bertz CT molecular complexity index is 9100. The smallest absolute Gasteiger partial charge is 0.140 e. The Morgan fingerprint density at radius 3 is 0.979 bits per heavy atom. The van der Waals surface area contributed by atoms with Crippen LogP contribution in [0.4, 0.5) is 0 Å². The molecule has 6 saturated carbocycles. The predicted octanol–water partition coefficient (Wildman–Crippen LogP) is 16.6. The van der Waals surface area contributed by atoms with Crippen LogP contribution in [-0.4, -0.2) is 165 Å². The summed E-state index contributed by atoms with van der Waals surface area (Å²) in [6.45, 7) is 6.60. The molecule has 0 amide bonds. The Hall–Kier alpha value is -16.2. The second-order valence-electron chi connectivity index (χ2n) is 39.3. The number of hydrogen-bond acceptors (Lipinski definition) is 22. The number of nitrogens with zero attached hydrogens (tertiary/aromatic N) is 28. The molecule has 6 fully saturated rings. The molecule has 6 N–H and O–H groups in total. The number of aliphatic hydroxyl groups is 6. The van der Waals surface area contributed by atoms with Crippen molar-refractivity contribution in [3.63, 3.8) is 0 Å². The van der Waals surface area contributed by atoms with Crippen LogP contribution in [0.25, 0.3) is 89.3 Å². The van der Waals surface area contributed by atoms with Crippen LogP contribution in [-0.2, 0) is 67.8 Å². The maximum Gasteiger partial charge on any atom is 0.140 e. The second-order valence-corrected chi connectivity index (χ2v) is 39.3. The lowest BCUT2D eigenvalue weighted by Crippen LogP contribution is -1.98. The molecule has 12 unspecified atom stereocenters. The van der Waals surface area contributed by atoms with Crippen LogP contribution in [0.3, 0.4) is 0 Å². The minimum absolute atomic E-state index is 0. The molecule has 734 valence electrons. The van der Waals surface area contributed by atoms with Gasteiger partial charge in [-0.25, -0.2) is 39.9 Å². The summed E-state index contributed by atoms with van der Waals surface area (Å²) in [4.78, 5) is 55.9. The molecule has 6 aliphatic carbocycles. The average Bonchev–Trinajstić information content (AvgIpc) is 1.61. The van der Waals surface area contributed by atoms with E-state index in [1.807, 2.05) is 268 Å².